The molecule has 7 heavy (non-hydrogen) atoms. The van der Waals surface area contributed by atoms with Gasteiger partial charge in [-0.05, 0) is 0 Å². The van der Waals surface area contributed by atoms with Crippen molar-refractivity contribution in [1.82, 2.24) is 5.64 Å². The Morgan fingerprint density at radius 1 is 1.43 bits per heavy atom. The van der Waals surface area contributed by atoms with Crippen molar-refractivity contribution in [2.45, 2.75) is 6.36 Å². The molecule has 6 heteroatoms. The van der Waals surface area contributed by atoms with Crippen LogP contribution in [0, 0.1) is 0 Å². The van der Waals surface area contributed by atoms with E-state index in [0.717, 1.165) is 0 Å². The first-order chi connectivity index (χ1) is 3.06. The summed E-state index contributed by atoms with van der Waals surface area (Å²) in [6.07, 6.45) is -4.81. The summed E-state index contributed by atoms with van der Waals surface area (Å²) in [6.45, 7) is 0. The molecule has 0 saturated heterocycles. The second-order valence-electron chi connectivity index (χ2n) is 0.639. The fourth-order valence-corrected chi connectivity index (χ4v) is 0.0518. The molecule has 0 fully saturated rings. The molecule has 0 aromatic heterocycles. The molecule has 0 aromatic carbocycles. The van der Waals surface area contributed by atoms with Crippen LogP contribution in [0.2, 0.25) is 0 Å². The fourth-order valence-electron chi connectivity index (χ4n) is 0.0518. The van der Waals surface area contributed by atoms with E-state index in [9.17, 15) is 13.2 Å². The van der Waals surface area contributed by atoms with Gasteiger partial charge < -0.3 is 0 Å². The minimum absolute atomic E-state index is 0.483. The average molecular weight is 117 g/mol. The molecule has 2 N–H and O–H groups in total. The third-order valence-electron chi connectivity index (χ3n) is 0.161. The lowest BCUT2D eigenvalue weighted by Crippen LogP contribution is -2.22. The second-order valence-corrected chi connectivity index (χ2v) is 0.639. The number of alkyl halides is 3. The molecule has 0 saturated carbocycles. The molecule has 0 amide bonds. The summed E-state index contributed by atoms with van der Waals surface area (Å²) in [4.78, 5) is 2.53. The van der Waals surface area contributed by atoms with Crippen LogP contribution < -0.4 is 5.64 Å². The minimum atomic E-state index is -4.81. The lowest BCUT2D eigenvalue weighted by atomic mass is 11.4. The molecule has 0 heterocycles. The van der Waals surface area contributed by atoms with Crippen molar-refractivity contribution in [3.63, 3.8) is 0 Å². The molecule has 0 rings (SSSR count). The van der Waals surface area contributed by atoms with Gasteiger partial charge in [0.2, 0.25) is 0 Å². The molecule has 0 aromatic rings. The number of nitrogens with one attached hydrogen (secondary N) is 1. The molecule has 0 radical (unpaired) electrons. The summed E-state index contributed by atoms with van der Waals surface area (Å²) >= 11 is 0. The minimum Gasteiger partial charge on any atom is -0.292 e. The molecule has 44 valence electrons. The Morgan fingerprint density at radius 3 is 1.86 bits per heavy atom. The third kappa shape index (κ3) is 5.67. The maximum atomic E-state index is 10.6. The lowest BCUT2D eigenvalue weighted by molar-refractivity contribution is -0.386. The van der Waals surface area contributed by atoms with Crippen LogP contribution in [-0.2, 0) is 4.84 Å². The zero-order chi connectivity index (χ0) is 5.91. The van der Waals surface area contributed by atoms with Crippen LogP contribution in [0.1, 0.15) is 0 Å². The Bertz CT molecular complexity index is 51.4. The number of halogens is 3. The van der Waals surface area contributed by atoms with Gasteiger partial charge in [0.25, 0.3) is 0 Å². The quantitative estimate of drug-likeness (QED) is 0.489. The van der Waals surface area contributed by atoms with Crippen LogP contribution in [-0.4, -0.2) is 11.6 Å². The van der Waals surface area contributed by atoms with Crippen molar-refractivity contribution in [3.8, 4) is 0 Å². The van der Waals surface area contributed by atoms with Crippen LogP contribution in [0.4, 0.5) is 13.2 Å². The highest BCUT2D eigenvalue weighted by atomic mass is 19.4. The standard InChI is InChI=1S/CH2F3NO2/c2-1(3,4)7-5-6/h5-6H. The number of hydrogen-bond donors (Lipinski definition) is 2. The van der Waals surface area contributed by atoms with E-state index in [1.165, 1.54) is 0 Å². The van der Waals surface area contributed by atoms with Crippen LogP contribution in [0.5, 0.6) is 0 Å². The normalized spacial score (nSPS) is 12.0. The predicted octanol–water partition coefficient (Wildman–Crippen LogP) is 0.417. The predicted molar refractivity (Wildman–Crippen MR) is 12.1 cm³/mol. The van der Waals surface area contributed by atoms with Gasteiger partial charge >= 0.3 is 6.36 Å². The maximum Gasteiger partial charge on any atom is 0.540 e. The molecule has 0 aliphatic carbocycles. The van der Waals surface area contributed by atoms with Gasteiger partial charge in [0.1, 0.15) is 0 Å². The van der Waals surface area contributed by atoms with Crippen molar-refractivity contribution in [2.75, 3.05) is 0 Å². The van der Waals surface area contributed by atoms with Gasteiger partial charge in [-0.25, -0.2) is 0 Å². The van der Waals surface area contributed by atoms with Gasteiger partial charge in [-0.1, -0.05) is 5.64 Å². The Kier molecular flexibility index (Phi) is 2.00. The molecule has 0 unspecified atom stereocenters. The Labute approximate surface area is 36.6 Å². The molecule has 0 aliphatic rings. The Balaban J connectivity index is 3.15. The van der Waals surface area contributed by atoms with Crippen LogP contribution in [0.3, 0.4) is 0 Å². The van der Waals surface area contributed by atoms with E-state index in [1.807, 2.05) is 0 Å². The van der Waals surface area contributed by atoms with E-state index in [1.54, 1.807) is 0 Å². The monoisotopic (exact) mass is 117 g/mol. The largest absolute Gasteiger partial charge is 0.540 e. The summed E-state index contributed by atoms with van der Waals surface area (Å²) in [5.41, 5.74) is 0.483. The molecular formula is CH2F3NO2. The molecule has 0 bridgehead atoms. The second kappa shape index (κ2) is 2.10. The van der Waals surface area contributed by atoms with E-state index in [2.05, 4.69) is 4.84 Å². The van der Waals surface area contributed by atoms with Gasteiger partial charge in [0, 0.05) is 0 Å². The van der Waals surface area contributed by atoms with Gasteiger partial charge in [-0.15, -0.1) is 13.2 Å². The van der Waals surface area contributed by atoms with Gasteiger partial charge in [0.15, 0.2) is 0 Å². The zero-order valence-corrected chi connectivity index (χ0v) is 2.99. The highest BCUT2D eigenvalue weighted by molar-refractivity contribution is 4.13. The average Bonchev–Trinajstić information content (AvgIpc) is 1.30. The molecule has 0 aliphatic heterocycles. The van der Waals surface area contributed by atoms with E-state index in [-0.39, 0.29) is 0 Å². The van der Waals surface area contributed by atoms with Gasteiger partial charge in [0.05, 0.1) is 0 Å². The summed E-state index contributed by atoms with van der Waals surface area (Å²) in [7, 11) is 0. The Morgan fingerprint density at radius 2 is 1.86 bits per heavy atom. The smallest absolute Gasteiger partial charge is 0.292 e. The van der Waals surface area contributed by atoms with E-state index in [0.29, 0.717) is 5.64 Å². The fraction of sp³-hybridized carbons (Fsp3) is 1.00. The van der Waals surface area contributed by atoms with Crippen molar-refractivity contribution in [2.24, 2.45) is 0 Å². The van der Waals surface area contributed by atoms with Crippen molar-refractivity contribution >= 4 is 0 Å². The van der Waals surface area contributed by atoms with Crippen LogP contribution in [0.15, 0.2) is 0 Å². The zero-order valence-electron chi connectivity index (χ0n) is 2.99. The lowest BCUT2D eigenvalue weighted by Gasteiger charge is -2.00. The summed E-state index contributed by atoms with van der Waals surface area (Å²) in [5.74, 6) is 0. The van der Waals surface area contributed by atoms with Crippen molar-refractivity contribution in [1.29, 1.82) is 0 Å². The maximum absolute atomic E-state index is 10.6. The van der Waals surface area contributed by atoms with Crippen LogP contribution in [0.25, 0.3) is 0 Å². The summed E-state index contributed by atoms with van der Waals surface area (Å²) in [5, 5.41) is 7.21. The van der Waals surface area contributed by atoms with Crippen LogP contribution >= 0.6 is 0 Å². The highest BCUT2D eigenvalue weighted by Crippen LogP contribution is 2.12. The van der Waals surface area contributed by atoms with E-state index < -0.39 is 6.36 Å². The van der Waals surface area contributed by atoms with Crippen molar-refractivity contribution in [3.05, 3.63) is 0 Å². The molecule has 0 atom stereocenters. The Hall–Kier alpha value is -0.330. The number of hydrogen-bond acceptors (Lipinski definition) is 3. The third-order valence-corrected chi connectivity index (χ3v) is 0.161. The highest BCUT2D eigenvalue weighted by Gasteiger charge is 2.29. The summed E-state index contributed by atoms with van der Waals surface area (Å²) in [6, 6.07) is 0. The SMILES string of the molecule is ONOC(F)(F)F. The molecule has 3 nitrogen and oxygen atoms in total. The number of rotatable bonds is 1. The van der Waals surface area contributed by atoms with Crippen molar-refractivity contribution < 1.29 is 23.2 Å². The molecule has 0 spiro atoms. The first-order valence-corrected chi connectivity index (χ1v) is 1.20. The van der Waals surface area contributed by atoms with E-state index in [4.69, 9.17) is 5.21 Å². The van der Waals surface area contributed by atoms with E-state index >= 15 is 0 Å². The first-order valence-electron chi connectivity index (χ1n) is 1.20. The van der Waals surface area contributed by atoms with Gasteiger partial charge in [-0.2, -0.15) is 4.84 Å². The van der Waals surface area contributed by atoms with Gasteiger partial charge in [-0.3, -0.25) is 5.21 Å². The summed E-state index contributed by atoms with van der Waals surface area (Å²) < 4.78 is 31.8. The topological polar surface area (TPSA) is 41.5 Å². The first kappa shape index (κ1) is 6.67. The molecular weight excluding hydrogens is 115 g/mol.